The number of ether oxygens (including phenoxy) is 1. The number of rotatable bonds is 5. The van der Waals surface area contributed by atoms with E-state index in [0.29, 0.717) is 13.2 Å². The second kappa shape index (κ2) is 6.63. The zero-order valence-electron chi connectivity index (χ0n) is 12.9. The predicted molar refractivity (Wildman–Crippen MR) is 92.2 cm³/mol. The van der Waals surface area contributed by atoms with Gasteiger partial charge >= 0.3 is 0 Å². The molecule has 3 rings (SSSR count). The Balaban J connectivity index is 1.93. The van der Waals surface area contributed by atoms with Crippen molar-refractivity contribution in [3.05, 3.63) is 77.4 Å². The van der Waals surface area contributed by atoms with Gasteiger partial charge < -0.3 is 10.5 Å². The lowest BCUT2D eigenvalue weighted by molar-refractivity contribution is 0.303. The minimum atomic E-state index is 0.586. The molecule has 0 heterocycles. The van der Waals surface area contributed by atoms with Gasteiger partial charge in [0.05, 0.1) is 0 Å². The zero-order valence-corrected chi connectivity index (χ0v) is 12.9. The molecule has 0 saturated carbocycles. The number of hydrogen-bond donors (Lipinski definition) is 1. The van der Waals surface area contributed by atoms with Gasteiger partial charge in [0.15, 0.2) is 0 Å². The van der Waals surface area contributed by atoms with Gasteiger partial charge in [0.25, 0.3) is 0 Å². The highest BCUT2D eigenvalue weighted by Crippen LogP contribution is 2.29. The Labute approximate surface area is 131 Å². The van der Waals surface area contributed by atoms with E-state index in [1.807, 2.05) is 6.07 Å². The average Bonchev–Trinajstić information content (AvgIpc) is 2.55. The second-order valence-corrected chi connectivity index (χ2v) is 5.52. The van der Waals surface area contributed by atoms with Crippen LogP contribution < -0.4 is 10.5 Å². The quantitative estimate of drug-likeness (QED) is 0.763. The van der Waals surface area contributed by atoms with Crippen LogP contribution in [0.3, 0.4) is 0 Å². The average molecular weight is 291 g/mol. The molecule has 0 radical (unpaired) electrons. The Morgan fingerprint density at radius 1 is 0.909 bits per heavy atom. The molecule has 0 unspecified atom stereocenters. The highest BCUT2D eigenvalue weighted by Gasteiger charge is 2.09. The molecule has 0 fully saturated rings. The molecule has 2 N–H and O–H groups in total. The van der Waals surface area contributed by atoms with Crippen LogP contribution in [0.1, 0.15) is 16.7 Å². The molecule has 3 aromatic rings. The van der Waals surface area contributed by atoms with Crippen LogP contribution in [-0.2, 0) is 13.0 Å². The van der Waals surface area contributed by atoms with Crippen LogP contribution in [0.2, 0.25) is 0 Å². The van der Waals surface area contributed by atoms with Crippen molar-refractivity contribution in [1.82, 2.24) is 0 Å². The lowest BCUT2D eigenvalue weighted by Gasteiger charge is -2.15. The number of fused-ring (bicyclic) bond motifs is 1. The molecule has 2 nitrogen and oxygen atoms in total. The fourth-order valence-electron chi connectivity index (χ4n) is 2.78. The smallest absolute Gasteiger partial charge is 0.123 e. The molecule has 0 aliphatic heterocycles. The summed E-state index contributed by atoms with van der Waals surface area (Å²) in [7, 11) is 0. The van der Waals surface area contributed by atoms with E-state index in [-0.39, 0.29) is 0 Å². The molecular formula is C20H21NO. The lowest BCUT2D eigenvalue weighted by Crippen LogP contribution is -2.06. The van der Waals surface area contributed by atoms with Gasteiger partial charge in [0.1, 0.15) is 12.4 Å². The molecule has 0 aliphatic rings. The first-order valence-electron chi connectivity index (χ1n) is 7.67. The number of benzene rings is 3. The van der Waals surface area contributed by atoms with Crippen molar-refractivity contribution in [2.24, 2.45) is 5.73 Å². The first-order chi connectivity index (χ1) is 10.8. The third kappa shape index (κ3) is 2.97. The van der Waals surface area contributed by atoms with Gasteiger partial charge in [-0.05, 0) is 47.9 Å². The zero-order chi connectivity index (χ0) is 15.4. The summed E-state index contributed by atoms with van der Waals surface area (Å²) in [6.45, 7) is 3.32. The Bertz CT molecular complexity index is 780. The predicted octanol–water partition coefficient (Wildman–Crippen LogP) is 4.23. The van der Waals surface area contributed by atoms with E-state index in [1.165, 1.54) is 27.5 Å². The summed E-state index contributed by atoms with van der Waals surface area (Å²) in [5.41, 5.74) is 9.47. The number of hydrogen-bond acceptors (Lipinski definition) is 2. The van der Waals surface area contributed by atoms with Crippen molar-refractivity contribution in [3.8, 4) is 5.75 Å². The fourth-order valence-corrected chi connectivity index (χ4v) is 2.78. The van der Waals surface area contributed by atoms with Crippen LogP contribution >= 0.6 is 0 Å². The van der Waals surface area contributed by atoms with Crippen LogP contribution in [0.15, 0.2) is 60.7 Å². The molecule has 0 saturated heterocycles. The summed E-state index contributed by atoms with van der Waals surface area (Å²) in [4.78, 5) is 0. The number of nitrogens with two attached hydrogens (primary N) is 1. The van der Waals surface area contributed by atoms with E-state index in [0.717, 1.165) is 12.2 Å². The van der Waals surface area contributed by atoms with Gasteiger partial charge in [-0.25, -0.2) is 0 Å². The summed E-state index contributed by atoms with van der Waals surface area (Å²) in [6.07, 6.45) is 0.824. The van der Waals surface area contributed by atoms with Gasteiger partial charge in [0, 0.05) is 5.56 Å². The largest absolute Gasteiger partial charge is 0.489 e. The first-order valence-corrected chi connectivity index (χ1v) is 7.67. The van der Waals surface area contributed by atoms with Gasteiger partial charge in [-0.1, -0.05) is 54.6 Å². The molecular weight excluding hydrogens is 270 g/mol. The fraction of sp³-hybridized carbons (Fsp3) is 0.200. The third-order valence-electron chi connectivity index (χ3n) is 4.04. The Morgan fingerprint density at radius 2 is 1.68 bits per heavy atom. The van der Waals surface area contributed by atoms with Crippen molar-refractivity contribution in [1.29, 1.82) is 0 Å². The minimum Gasteiger partial charge on any atom is -0.489 e. The van der Waals surface area contributed by atoms with Gasteiger partial charge in [-0.2, -0.15) is 0 Å². The summed E-state index contributed by atoms with van der Waals surface area (Å²) in [5, 5.41) is 2.46. The Hall–Kier alpha value is -2.32. The maximum Gasteiger partial charge on any atom is 0.123 e. The summed E-state index contributed by atoms with van der Waals surface area (Å²) in [5.74, 6) is 0.937. The molecule has 2 heteroatoms. The molecule has 112 valence electrons. The van der Waals surface area contributed by atoms with E-state index in [2.05, 4.69) is 61.5 Å². The van der Waals surface area contributed by atoms with E-state index < -0.39 is 0 Å². The summed E-state index contributed by atoms with van der Waals surface area (Å²) >= 11 is 0. The van der Waals surface area contributed by atoms with Crippen molar-refractivity contribution in [3.63, 3.8) is 0 Å². The minimum absolute atomic E-state index is 0.586. The van der Waals surface area contributed by atoms with E-state index in [1.54, 1.807) is 0 Å². The van der Waals surface area contributed by atoms with Gasteiger partial charge in [-0.3, -0.25) is 0 Å². The molecule has 0 aliphatic carbocycles. The monoisotopic (exact) mass is 291 g/mol. The molecule has 0 bridgehead atoms. The normalized spacial score (nSPS) is 10.8. The van der Waals surface area contributed by atoms with Crippen molar-refractivity contribution < 1.29 is 4.74 Å². The lowest BCUT2D eigenvalue weighted by atomic mass is 10.0. The summed E-state index contributed by atoms with van der Waals surface area (Å²) < 4.78 is 6.11. The summed E-state index contributed by atoms with van der Waals surface area (Å²) in [6, 6.07) is 20.9. The van der Waals surface area contributed by atoms with Crippen LogP contribution in [0.5, 0.6) is 5.75 Å². The van der Waals surface area contributed by atoms with Crippen LogP contribution in [0.4, 0.5) is 0 Å². The second-order valence-electron chi connectivity index (χ2n) is 5.52. The van der Waals surface area contributed by atoms with E-state index in [9.17, 15) is 0 Å². The topological polar surface area (TPSA) is 35.2 Å². The maximum absolute atomic E-state index is 6.11. The van der Waals surface area contributed by atoms with Crippen molar-refractivity contribution in [2.45, 2.75) is 20.0 Å². The van der Waals surface area contributed by atoms with E-state index in [4.69, 9.17) is 10.5 Å². The van der Waals surface area contributed by atoms with Crippen LogP contribution in [0.25, 0.3) is 10.8 Å². The molecule has 0 atom stereocenters. The van der Waals surface area contributed by atoms with Gasteiger partial charge in [-0.15, -0.1) is 0 Å². The molecule has 0 spiro atoms. The van der Waals surface area contributed by atoms with E-state index >= 15 is 0 Å². The van der Waals surface area contributed by atoms with Crippen molar-refractivity contribution in [2.75, 3.05) is 6.54 Å². The SMILES string of the molecule is Cc1ccccc1COc1ccc2ccccc2c1CCN. The molecule has 0 amide bonds. The molecule has 3 aromatic carbocycles. The van der Waals surface area contributed by atoms with Crippen molar-refractivity contribution >= 4 is 10.8 Å². The van der Waals surface area contributed by atoms with Gasteiger partial charge in [0.2, 0.25) is 0 Å². The maximum atomic E-state index is 6.11. The van der Waals surface area contributed by atoms with Crippen LogP contribution in [-0.4, -0.2) is 6.54 Å². The Morgan fingerprint density at radius 3 is 2.50 bits per heavy atom. The first kappa shape index (κ1) is 14.6. The molecule has 22 heavy (non-hydrogen) atoms. The number of aryl methyl sites for hydroxylation is 1. The molecule has 0 aromatic heterocycles. The van der Waals surface area contributed by atoms with Crippen LogP contribution in [0, 0.1) is 6.92 Å². The highest BCUT2D eigenvalue weighted by molar-refractivity contribution is 5.87. The third-order valence-corrected chi connectivity index (χ3v) is 4.04. The highest BCUT2D eigenvalue weighted by atomic mass is 16.5. The standard InChI is InChI=1S/C20H21NO/c1-15-6-2-3-8-17(15)14-22-20-11-10-16-7-4-5-9-18(16)19(20)12-13-21/h2-11H,12-14,21H2,1H3. The Kier molecular flexibility index (Phi) is 4.40.